The van der Waals surface area contributed by atoms with Crippen molar-refractivity contribution in [1.29, 1.82) is 0 Å². The van der Waals surface area contributed by atoms with Gasteiger partial charge in [0.05, 0.1) is 19.3 Å². The third kappa shape index (κ3) is 3.90. The molecule has 0 bridgehead atoms. The van der Waals surface area contributed by atoms with Crippen LogP contribution in [0.2, 0.25) is 0 Å². The maximum absolute atomic E-state index is 13.0. The number of benzene rings is 1. The van der Waals surface area contributed by atoms with Crippen molar-refractivity contribution in [1.82, 2.24) is 35.3 Å². The lowest BCUT2D eigenvalue weighted by molar-refractivity contribution is 0.0525. The molecule has 4 rings (SSSR count). The van der Waals surface area contributed by atoms with E-state index in [4.69, 9.17) is 9.47 Å². The SMILES string of the molecule is COc1ccc(OC2CCCN(C(=O)c3cccc(-n4cnnn4)c3)C2)nn1. The van der Waals surface area contributed by atoms with Crippen LogP contribution in [-0.4, -0.2) is 67.5 Å². The first-order valence-electron chi connectivity index (χ1n) is 8.90. The second kappa shape index (κ2) is 7.99. The number of methoxy groups -OCH3 is 1. The summed E-state index contributed by atoms with van der Waals surface area (Å²) in [6, 6.07) is 10.6. The number of aromatic nitrogens is 6. The minimum absolute atomic E-state index is 0.0518. The number of ether oxygens (including phenoxy) is 2. The van der Waals surface area contributed by atoms with E-state index in [1.54, 1.807) is 29.2 Å². The van der Waals surface area contributed by atoms with E-state index in [9.17, 15) is 4.79 Å². The van der Waals surface area contributed by atoms with Gasteiger partial charge in [0, 0.05) is 24.2 Å². The average molecular weight is 381 g/mol. The zero-order valence-corrected chi connectivity index (χ0v) is 15.3. The van der Waals surface area contributed by atoms with Crippen LogP contribution in [0.25, 0.3) is 5.69 Å². The van der Waals surface area contributed by atoms with Crippen LogP contribution in [0.5, 0.6) is 11.8 Å². The Hall–Kier alpha value is -3.56. The number of tetrazole rings is 1. The summed E-state index contributed by atoms with van der Waals surface area (Å²) in [6.07, 6.45) is 3.06. The largest absolute Gasteiger partial charge is 0.480 e. The van der Waals surface area contributed by atoms with E-state index >= 15 is 0 Å². The number of hydrogen-bond donors (Lipinski definition) is 0. The lowest BCUT2D eigenvalue weighted by Gasteiger charge is -2.32. The van der Waals surface area contributed by atoms with Crippen LogP contribution in [0.3, 0.4) is 0 Å². The number of nitrogens with zero attached hydrogens (tertiary/aromatic N) is 7. The van der Waals surface area contributed by atoms with E-state index in [0.29, 0.717) is 30.4 Å². The van der Waals surface area contributed by atoms with E-state index < -0.39 is 0 Å². The van der Waals surface area contributed by atoms with Gasteiger partial charge in [0.1, 0.15) is 12.4 Å². The van der Waals surface area contributed by atoms with Gasteiger partial charge in [-0.2, -0.15) is 0 Å². The van der Waals surface area contributed by atoms with Crippen molar-refractivity contribution >= 4 is 5.91 Å². The number of rotatable bonds is 5. The normalized spacial score (nSPS) is 16.6. The van der Waals surface area contributed by atoms with Crippen LogP contribution in [-0.2, 0) is 0 Å². The highest BCUT2D eigenvalue weighted by Gasteiger charge is 2.26. The number of piperidine rings is 1. The van der Waals surface area contributed by atoms with Crippen LogP contribution >= 0.6 is 0 Å². The van der Waals surface area contributed by atoms with Crippen LogP contribution in [0.15, 0.2) is 42.7 Å². The van der Waals surface area contributed by atoms with Gasteiger partial charge in [0.15, 0.2) is 0 Å². The number of carbonyl (C=O) groups excluding carboxylic acids is 1. The molecule has 10 heteroatoms. The summed E-state index contributed by atoms with van der Waals surface area (Å²) in [7, 11) is 1.53. The molecule has 1 saturated heterocycles. The Kier molecular flexibility index (Phi) is 5.09. The molecule has 1 unspecified atom stereocenters. The Balaban J connectivity index is 1.44. The molecule has 1 atom stereocenters. The van der Waals surface area contributed by atoms with Crippen LogP contribution in [0.1, 0.15) is 23.2 Å². The molecular weight excluding hydrogens is 362 g/mol. The third-order valence-corrected chi connectivity index (χ3v) is 4.48. The van der Waals surface area contributed by atoms with Crippen molar-refractivity contribution in [2.45, 2.75) is 18.9 Å². The molecule has 1 aliphatic heterocycles. The van der Waals surface area contributed by atoms with Gasteiger partial charge in [0.25, 0.3) is 5.91 Å². The first-order valence-corrected chi connectivity index (χ1v) is 8.90. The van der Waals surface area contributed by atoms with E-state index in [0.717, 1.165) is 18.5 Å². The Morgan fingerprint density at radius 2 is 2.04 bits per heavy atom. The van der Waals surface area contributed by atoms with E-state index in [1.165, 1.54) is 18.1 Å². The number of carbonyl (C=O) groups is 1. The van der Waals surface area contributed by atoms with E-state index in [2.05, 4.69) is 25.7 Å². The van der Waals surface area contributed by atoms with Gasteiger partial charge in [-0.15, -0.1) is 15.3 Å². The molecule has 1 amide bonds. The summed E-state index contributed by atoms with van der Waals surface area (Å²) < 4.78 is 12.4. The lowest BCUT2D eigenvalue weighted by atomic mass is 10.1. The minimum atomic E-state index is -0.136. The first-order chi connectivity index (χ1) is 13.7. The predicted octanol–water partition coefficient (Wildman–Crippen LogP) is 1.14. The van der Waals surface area contributed by atoms with Gasteiger partial charge in [-0.05, 0) is 41.5 Å². The Bertz CT molecular complexity index is 931. The molecule has 28 heavy (non-hydrogen) atoms. The van der Waals surface area contributed by atoms with Crippen LogP contribution in [0, 0.1) is 0 Å². The summed E-state index contributed by atoms with van der Waals surface area (Å²) in [6.45, 7) is 1.17. The predicted molar refractivity (Wildman–Crippen MR) is 97.3 cm³/mol. The van der Waals surface area contributed by atoms with Crippen LogP contribution < -0.4 is 9.47 Å². The van der Waals surface area contributed by atoms with Gasteiger partial charge in [-0.1, -0.05) is 6.07 Å². The standard InChI is InChI=1S/C18H19N7O3/c1-27-16-7-8-17(21-20-16)28-15-6-3-9-24(11-15)18(26)13-4-2-5-14(10-13)25-12-19-22-23-25/h2,4-5,7-8,10,12,15H,3,6,9,11H2,1H3. The van der Waals surface area contributed by atoms with Crippen molar-refractivity contribution in [3.63, 3.8) is 0 Å². The van der Waals surface area contributed by atoms with E-state index in [1.807, 2.05) is 12.1 Å². The topological polar surface area (TPSA) is 108 Å². The zero-order chi connectivity index (χ0) is 19.3. The molecule has 144 valence electrons. The molecule has 0 aliphatic carbocycles. The van der Waals surface area contributed by atoms with E-state index in [-0.39, 0.29) is 12.0 Å². The summed E-state index contributed by atoms with van der Waals surface area (Å²) in [5.74, 6) is 0.792. The van der Waals surface area contributed by atoms with Crippen molar-refractivity contribution in [2.75, 3.05) is 20.2 Å². The van der Waals surface area contributed by atoms with Crippen LogP contribution in [0.4, 0.5) is 0 Å². The second-order valence-corrected chi connectivity index (χ2v) is 6.35. The molecule has 2 aromatic heterocycles. The summed E-state index contributed by atoms with van der Waals surface area (Å²) in [4.78, 5) is 14.8. The molecular formula is C18H19N7O3. The first kappa shape index (κ1) is 17.8. The highest BCUT2D eigenvalue weighted by atomic mass is 16.5. The molecule has 0 N–H and O–H groups in total. The zero-order valence-electron chi connectivity index (χ0n) is 15.3. The van der Waals surface area contributed by atoms with Gasteiger partial charge in [-0.25, -0.2) is 4.68 Å². The Morgan fingerprint density at radius 1 is 1.18 bits per heavy atom. The average Bonchev–Trinajstić information content (AvgIpc) is 3.29. The van der Waals surface area contributed by atoms with Crippen molar-refractivity contribution in [2.24, 2.45) is 0 Å². The molecule has 10 nitrogen and oxygen atoms in total. The molecule has 3 heterocycles. The molecule has 0 radical (unpaired) electrons. The fraction of sp³-hybridized carbons (Fsp3) is 0.333. The minimum Gasteiger partial charge on any atom is -0.480 e. The highest BCUT2D eigenvalue weighted by molar-refractivity contribution is 5.94. The summed E-state index contributed by atoms with van der Waals surface area (Å²) in [5, 5.41) is 19.0. The summed E-state index contributed by atoms with van der Waals surface area (Å²) >= 11 is 0. The highest BCUT2D eigenvalue weighted by Crippen LogP contribution is 2.20. The molecule has 0 spiro atoms. The Labute approximate surface area is 161 Å². The number of amides is 1. The van der Waals surface area contributed by atoms with Gasteiger partial charge >= 0.3 is 0 Å². The molecule has 1 fully saturated rings. The van der Waals surface area contributed by atoms with Gasteiger partial charge in [-0.3, -0.25) is 4.79 Å². The molecule has 3 aromatic rings. The third-order valence-electron chi connectivity index (χ3n) is 4.48. The molecule has 0 saturated carbocycles. The van der Waals surface area contributed by atoms with Crippen molar-refractivity contribution in [3.8, 4) is 17.4 Å². The fourth-order valence-electron chi connectivity index (χ4n) is 3.11. The second-order valence-electron chi connectivity index (χ2n) is 6.35. The fourth-order valence-corrected chi connectivity index (χ4v) is 3.11. The maximum Gasteiger partial charge on any atom is 0.254 e. The molecule has 1 aliphatic rings. The summed E-state index contributed by atoms with van der Waals surface area (Å²) in [5.41, 5.74) is 1.31. The van der Waals surface area contributed by atoms with Gasteiger partial charge in [0.2, 0.25) is 11.8 Å². The number of hydrogen-bond acceptors (Lipinski definition) is 8. The smallest absolute Gasteiger partial charge is 0.254 e. The van der Waals surface area contributed by atoms with Crippen molar-refractivity contribution < 1.29 is 14.3 Å². The number of likely N-dealkylation sites (tertiary alicyclic amines) is 1. The monoisotopic (exact) mass is 381 g/mol. The Morgan fingerprint density at radius 3 is 2.79 bits per heavy atom. The van der Waals surface area contributed by atoms with Gasteiger partial charge < -0.3 is 14.4 Å². The lowest BCUT2D eigenvalue weighted by Crippen LogP contribution is -2.44. The quantitative estimate of drug-likeness (QED) is 0.647. The maximum atomic E-state index is 13.0. The molecule has 1 aromatic carbocycles. The van der Waals surface area contributed by atoms with Crippen molar-refractivity contribution in [3.05, 3.63) is 48.3 Å².